The van der Waals surface area contributed by atoms with E-state index in [4.69, 9.17) is 27.6 Å². The molecule has 5 nitrogen and oxygen atoms in total. The number of hydrogen-bond acceptors (Lipinski definition) is 3. The fourth-order valence-electron chi connectivity index (χ4n) is 2.75. The summed E-state index contributed by atoms with van der Waals surface area (Å²) in [6.07, 6.45) is 1.41. The maximum Gasteiger partial charge on any atom is 0.287 e. The number of benzene rings is 2. The number of nitrogens with zero attached hydrogens (tertiary/aromatic N) is 1. The lowest BCUT2D eigenvalue weighted by Crippen LogP contribution is -2.41. The smallest absolute Gasteiger partial charge is 0.287 e. The van der Waals surface area contributed by atoms with Crippen LogP contribution < -0.4 is 5.32 Å². The second-order valence-electron chi connectivity index (χ2n) is 6.24. The Morgan fingerprint density at radius 3 is 2.43 bits per heavy atom. The number of carbonyl (C=O) groups is 2. The minimum atomic E-state index is -0.855. The predicted molar refractivity (Wildman–Crippen MR) is 108 cm³/mol. The quantitative estimate of drug-likeness (QED) is 0.632. The summed E-state index contributed by atoms with van der Waals surface area (Å²) in [5, 5.41) is 3.62. The number of rotatable bonds is 6. The van der Waals surface area contributed by atoms with E-state index in [9.17, 15) is 9.59 Å². The standard InChI is InChI=1S/C21H18Cl2N2O3/c1-25(13-14-9-10-16(22)17(23)12-14)21(27)19(15-6-3-2-4-7-15)24-20(26)18-8-5-11-28-18/h2-12,19H,13H2,1H3,(H,24,26). The highest BCUT2D eigenvalue weighted by Gasteiger charge is 2.27. The number of likely N-dealkylation sites (N-methyl/N-ethyl adjacent to an activating group) is 1. The second kappa shape index (κ2) is 8.95. The zero-order chi connectivity index (χ0) is 20.1. The Labute approximate surface area is 172 Å². The monoisotopic (exact) mass is 416 g/mol. The van der Waals surface area contributed by atoms with Crippen LogP contribution in [0.2, 0.25) is 10.0 Å². The number of halogens is 2. The van der Waals surface area contributed by atoms with Crippen LogP contribution in [-0.4, -0.2) is 23.8 Å². The van der Waals surface area contributed by atoms with Crippen molar-refractivity contribution in [1.82, 2.24) is 10.2 Å². The molecule has 0 saturated heterocycles. The van der Waals surface area contributed by atoms with Gasteiger partial charge in [0, 0.05) is 13.6 Å². The topological polar surface area (TPSA) is 62.6 Å². The van der Waals surface area contributed by atoms with Crippen LogP contribution in [0.3, 0.4) is 0 Å². The summed E-state index contributed by atoms with van der Waals surface area (Å²) in [5.74, 6) is -0.590. The zero-order valence-corrected chi connectivity index (χ0v) is 16.6. The fourth-order valence-corrected chi connectivity index (χ4v) is 3.07. The minimum absolute atomic E-state index is 0.140. The Morgan fingerprint density at radius 2 is 1.79 bits per heavy atom. The largest absolute Gasteiger partial charge is 0.459 e. The Morgan fingerprint density at radius 1 is 1.04 bits per heavy atom. The number of furan rings is 1. The van der Waals surface area contributed by atoms with Crippen molar-refractivity contribution in [2.24, 2.45) is 0 Å². The molecule has 144 valence electrons. The molecule has 0 radical (unpaired) electrons. The van der Waals surface area contributed by atoms with E-state index in [1.807, 2.05) is 18.2 Å². The molecule has 0 bridgehead atoms. The molecule has 0 spiro atoms. The van der Waals surface area contributed by atoms with Crippen LogP contribution >= 0.6 is 23.2 Å². The Bertz CT molecular complexity index is 959. The van der Waals surface area contributed by atoms with Crippen LogP contribution in [0.1, 0.15) is 27.7 Å². The number of amides is 2. The van der Waals surface area contributed by atoms with Crippen molar-refractivity contribution in [1.29, 1.82) is 0 Å². The molecule has 0 fully saturated rings. The molecule has 3 aromatic rings. The first-order valence-electron chi connectivity index (χ1n) is 8.54. The van der Waals surface area contributed by atoms with Gasteiger partial charge in [0.05, 0.1) is 16.3 Å². The summed E-state index contributed by atoms with van der Waals surface area (Å²) in [4.78, 5) is 27.1. The van der Waals surface area contributed by atoms with Gasteiger partial charge in [0.25, 0.3) is 5.91 Å². The molecule has 2 aromatic carbocycles. The summed E-state index contributed by atoms with van der Waals surface area (Å²) in [6, 6.07) is 16.6. The van der Waals surface area contributed by atoms with E-state index >= 15 is 0 Å². The van der Waals surface area contributed by atoms with Crippen molar-refractivity contribution in [3.05, 3.63) is 93.9 Å². The first-order chi connectivity index (χ1) is 13.5. The van der Waals surface area contributed by atoms with Crippen LogP contribution in [0.25, 0.3) is 0 Å². The SMILES string of the molecule is CN(Cc1ccc(Cl)c(Cl)c1)C(=O)C(NC(=O)c1ccco1)c1ccccc1. The summed E-state index contributed by atoms with van der Waals surface area (Å²) >= 11 is 12.0. The molecule has 0 saturated carbocycles. The molecule has 3 rings (SSSR count). The van der Waals surface area contributed by atoms with Crippen molar-refractivity contribution in [3.8, 4) is 0 Å². The first-order valence-corrected chi connectivity index (χ1v) is 9.29. The van der Waals surface area contributed by atoms with Gasteiger partial charge in [0.15, 0.2) is 5.76 Å². The van der Waals surface area contributed by atoms with E-state index in [0.717, 1.165) is 5.56 Å². The molecular formula is C21H18Cl2N2O3. The molecule has 1 N–H and O–H groups in total. The van der Waals surface area contributed by atoms with Gasteiger partial charge >= 0.3 is 0 Å². The molecule has 0 aliphatic carbocycles. The Kier molecular flexibility index (Phi) is 6.39. The molecule has 1 unspecified atom stereocenters. The van der Waals surface area contributed by atoms with Crippen LogP contribution in [0.5, 0.6) is 0 Å². The highest BCUT2D eigenvalue weighted by molar-refractivity contribution is 6.42. The van der Waals surface area contributed by atoms with Gasteiger partial charge in [-0.05, 0) is 35.4 Å². The lowest BCUT2D eigenvalue weighted by Gasteiger charge is -2.25. The van der Waals surface area contributed by atoms with Gasteiger partial charge < -0.3 is 14.6 Å². The molecule has 0 aliphatic rings. The summed E-state index contributed by atoms with van der Waals surface area (Å²) < 4.78 is 5.13. The second-order valence-corrected chi connectivity index (χ2v) is 7.05. The molecule has 1 aromatic heterocycles. The van der Waals surface area contributed by atoms with E-state index in [-0.39, 0.29) is 11.7 Å². The van der Waals surface area contributed by atoms with Crippen LogP contribution in [0.15, 0.2) is 71.3 Å². The third kappa shape index (κ3) is 4.74. The lowest BCUT2D eigenvalue weighted by atomic mass is 10.0. The average molecular weight is 417 g/mol. The Balaban J connectivity index is 1.81. The van der Waals surface area contributed by atoms with E-state index in [1.54, 1.807) is 49.5 Å². The van der Waals surface area contributed by atoms with Gasteiger partial charge in [-0.2, -0.15) is 0 Å². The average Bonchev–Trinajstić information content (AvgIpc) is 3.24. The van der Waals surface area contributed by atoms with Crippen molar-refractivity contribution in [3.63, 3.8) is 0 Å². The zero-order valence-electron chi connectivity index (χ0n) is 15.1. The highest BCUT2D eigenvalue weighted by atomic mass is 35.5. The minimum Gasteiger partial charge on any atom is -0.459 e. The van der Waals surface area contributed by atoms with Gasteiger partial charge in [0.2, 0.25) is 5.91 Å². The van der Waals surface area contributed by atoms with Crippen molar-refractivity contribution < 1.29 is 14.0 Å². The molecule has 1 heterocycles. The van der Waals surface area contributed by atoms with E-state index < -0.39 is 11.9 Å². The third-order valence-electron chi connectivity index (χ3n) is 4.18. The van der Waals surface area contributed by atoms with Crippen molar-refractivity contribution in [2.45, 2.75) is 12.6 Å². The molecule has 7 heteroatoms. The highest BCUT2D eigenvalue weighted by Crippen LogP contribution is 2.24. The maximum absolute atomic E-state index is 13.1. The Hall–Kier alpha value is -2.76. The lowest BCUT2D eigenvalue weighted by molar-refractivity contribution is -0.132. The summed E-state index contributed by atoms with van der Waals surface area (Å²) in [5.41, 5.74) is 1.50. The van der Waals surface area contributed by atoms with Gasteiger partial charge in [-0.3, -0.25) is 9.59 Å². The van der Waals surface area contributed by atoms with Gasteiger partial charge in [-0.1, -0.05) is 59.6 Å². The van der Waals surface area contributed by atoms with Crippen LogP contribution in [-0.2, 0) is 11.3 Å². The molecule has 0 aliphatic heterocycles. The normalized spacial score (nSPS) is 11.7. The number of nitrogens with one attached hydrogen (secondary N) is 1. The van der Waals surface area contributed by atoms with E-state index in [1.165, 1.54) is 11.2 Å². The van der Waals surface area contributed by atoms with Crippen molar-refractivity contribution >= 4 is 35.0 Å². The van der Waals surface area contributed by atoms with E-state index in [0.29, 0.717) is 22.2 Å². The summed E-state index contributed by atoms with van der Waals surface area (Å²) in [6.45, 7) is 0.315. The fraction of sp³-hybridized carbons (Fsp3) is 0.143. The molecule has 2 amide bonds. The third-order valence-corrected chi connectivity index (χ3v) is 4.92. The van der Waals surface area contributed by atoms with Crippen molar-refractivity contribution in [2.75, 3.05) is 7.05 Å². The molecular weight excluding hydrogens is 399 g/mol. The van der Waals surface area contributed by atoms with E-state index in [2.05, 4.69) is 5.32 Å². The molecule has 1 atom stereocenters. The summed E-state index contributed by atoms with van der Waals surface area (Å²) in [7, 11) is 1.67. The predicted octanol–water partition coefficient (Wildman–Crippen LogP) is 4.72. The number of carbonyl (C=O) groups excluding carboxylic acids is 2. The van der Waals surface area contributed by atoms with Crippen LogP contribution in [0.4, 0.5) is 0 Å². The van der Waals surface area contributed by atoms with Gasteiger partial charge in [-0.15, -0.1) is 0 Å². The van der Waals surface area contributed by atoms with Gasteiger partial charge in [-0.25, -0.2) is 0 Å². The van der Waals surface area contributed by atoms with Crippen LogP contribution in [0, 0.1) is 0 Å². The number of hydrogen-bond donors (Lipinski definition) is 1. The van der Waals surface area contributed by atoms with Gasteiger partial charge in [0.1, 0.15) is 6.04 Å². The maximum atomic E-state index is 13.1. The first kappa shape index (κ1) is 20.0. The molecule has 28 heavy (non-hydrogen) atoms.